The van der Waals surface area contributed by atoms with Gasteiger partial charge in [-0.2, -0.15) is 0 Å². The molecule has 0 saturated carbocycles. The Hall–Kier alpha value is -1.92. The summed E-state index contributed by atoms with van der Waals surface area (Å²) < 4.78 is 5.20. The highest BCUT2D eigenvalue weighted by Crippen LogP contribution is 2.11. The minimum atomic E-state index is -0.667. The van der Waals surface area contributed by atoms with Crippen LogP contribution in [0.4, 0.5) is 0 Å². The minimum absolute atomic E-state index is 0.113. The molecule has 1 fully saturated rings. The molecular weight excluding hydrogens is 258 g/mol. The van der Waals surface area contributed by atoms with E-state index in [-0.39, 0.29) is 18.9 Å². The fourth-order valence-corrected chi connectivity index (χ4v) is 2.21. The van der Waals surface area contributed by atoms with E-state index in [1.807, 2.05) is 24.3 Å². The van der Waals surface area contributed by atoms with Crippen LogP contribution in [-0.2, 0) is 27.3 Å². The number of nitrogens with zero attached hydrogens (tertiary/aromatic N) is 1. The molecule has 4 N–H and O–H groups in total. The fraction of sp³-hybridized carbons (Fsp3) is 0.429. The van der Waals surface area contributed by atoms with Crippen molar-refractivity contribution in [3.63, 3.8) is 0 Å². The second-order valence-corrected chi connectivity index (χ2v) is 4.78. The van der Waals surface area contributed by atoms with E-state index in [4.69, 9.17) is 16.2 Å². The normalized spacial score (nSPS) is 18.9. The molecule has 2 amide bonds. The maximum absolute atomic E-state index is 12.3. The molecule has 1 heterocycles. The highest BCUT2D eigenvalue weighted by Gasteiger charge is 2.31. The summed E-state index contributed by atoms with van der Waals surface area (Å²) in [6.07, 6.45) is 0.245. The summed E-state index contributed by atoms with van der Waals surface area (Å²) in [4.78, 5) is 25.1. The molecule has 1 aromatic rings. The van der Waals surface area contributed by atoms with Gasteiger partial charge >= 0.3 is 0 Å². The van der Waals surface area contributed by atoms with Crippen molar-refractivity contribution in [1.29, 1.82) is 0 Å². The molecule has 1 aromatic carbocycles. The van der Waals surface area contributed by atoms with Crippen molar-refractivity contribution in [2.24, 2.45) is 11.5 Å². The Labute approximate surface area is 117 Å². The number of amides is 2. The maximum atomic E-state index is 12.3. The minimum Gasteiger partial charge on any atom is -0.377 e. The number of rotatable bonds is 4. The van der Waals surface area contributed by atoms with Crippen molar-refractivity contribution in [1.82, 2.24) is 4.90 Å². The summed E-state index contributed by atoms with van der Waals surface area (Å²) in [5.74, 6) is -0.644. The lowest BCUT2D eigenvalue weighted by Crippen LogP contribution is -2.55. The molecule has 0 bridgehead atoms. The summed E-state index contributed by atoms with van der Waals surface area (Å²) in [7, 11) is 0. The molecule has 6 heteroatoms. The average molecular weight is 277 g/mol. The van der Waals surface area contributed by atoms with E-state index in [0.717, 1.165) is 11.1 Å². The van der Waals surface area contributed by atoms with Crippen LogP contribution in [0.1, 0.15) is 11.1 Å². The maximum Gasteiger partial charge on any atom is 0.242 e. The molecule has 1 atom stereocenters. The Kier molecular flexibility index (Phi) is 4.70. The number of hydrogen-bond acceptors (Lipinski definition) is 4. The smallest absolute Gasteiger partial charge is 0.242 e. The predicted molar refractivity (Wildman–Crippen MR) is 73.6 cm³/mol. The molecule has 0 aromatic heterocycles. The van der Waals surface area contributed by atoms with Crippen molar-refractivity contribution in [3.8, 4) is 0 Å². The van der Waals surface area contributed by atoms with Gasteiger partial charge in [0, 0.05) is 13.1 Å². The quantitative estimate of drug-likeness (QED) is 0.767. The summed E-state index contributed by atoms with van der Waals surface area (Å²) in [6, 6.07) is 6.88. The Morgan fingerprint density at radius 2 is 1.90 bits per heavy atom. The monoisotopic (exact) mass is 277 g/mol. The van der Waals surface area contributed by atoms with Crippen LogP contribution in [0.3, 0.4) is 0 Å². The van der Waals surface area contributed by atoms with E-state index in [0.29, 0.717) is 19.7 Å². The molecular formula is C14H19N3O3. The molecule has 2 rings (SSSR count). The van der Waals surface area contributed by atoms with Gasteiger partial charge in [-0.3, -0.25) is 9.59 Å². The van der Waals surface area contributed by atoms with Gasteiger partial charge < -0.3 is 21.1 Å². The van der Waals surface area contributed by atoms with Crippen molar-refractivity contribution in [2.75, 3.05) is 19.8 Å². The van der Waals surface area contributed by atoms with Crippen molar-refractivity contribution in [3.05, 3.63) is 35.4 Å². The topological polar surface area (TPSA) is 98.7 Å². The summed E-state index contributed by atoms with van der Waals surface area (Å²) >= 11 is 0. The molecule has 1 aliphatic rings. The summed E-state index contributed by atoms with van der Waals surface area (Å²) in [5.41, 5.74) is 12.7. The van der Waals surface area contributed by atoms with Gasteiger partial charge in [-0.05, 0) is 11.1 Å². The number of nitrogens with two attached hydrogens (primary N) is 2. The molecule has 0 spiro atoms. The first-order valence-corrected chi connectivity index (χ1v) is 6.56. The number of carbonyl (C=O) groups excluding carboxylic acids is 2. The van der Waals surface area contributed by atoms with E-state index >= 15 is 0 Å². The van der Waals surface area contributed by atoms with Gasteiger partial charge in [0.15, 0.2) is 0 Å². The van der Waals surface area contributed by atoms with E-state index in [1.54, 1.807) is 0 Å². The number of benzene rings is 1. The highest BCUT2D eigenvalue weighted by atomic mass is 16.5. The van der Waals surface area contributed by atoms with E-state index in [9.17, 15) is 9.59 Å². The van der Waals surface area contributed by atoms with Crippen molar-refractivity contribution in [2.45, 2.75) is 19.0 Å². The number of morpholine rings is 1. The first kappa shape index (κ1) is 14.5. The lowest BCUT2D eigenvalue weighted by Gasteiger charge is -2.33. The van der Waals surface area contributed by atoms with Gasteiger partial charge in [-0.1, -0.05) is 24.3 Å². The average Bonchev–Trinajstić information content (AvgIpc) is 2.48. The SMILES string of the molecule is NCc1ccc(CC(=O)N2CCOCC2C(N)=O)cc1. The van der Waals surface area contributed by atoms with E-state index in [2.05, 4.69) is 0 Å². The highest BCUT2D eigenvalue weighted by molar-refractivity contribution is 5.87. The second kappa shape index (κ2) is 6.49. The summed E-state index contributed by atoms with van der Waals surface area (Å²) in [5, 5.41) is 0. The third-order valence-electron chi connectivity index (χ3n) is 3.39. The third-order valence-corrected chi connectivity index (χ3v) is 3.39. The second-order valence-electron chi connectivity index (χ2n) is 4.78. The van der Waals surface area contributed by atoms with E-state index < -0.39 is 11.9 Å². The molecule has 0 radical (unpaired) electrons. The fourth-order valence-electron chi connectivity index (χ4n) is 2.21. The third kappa shape index (κ3) is 3.34. The Balaban J connectivity index is 2.03. The molecule has 0 aliphatic carbocycles. The predicted octanol–water partition coefficient (Wildman–Crippen LogP) is -0.599. The number of primary amides is 1. The first-order chi connectivity index (χ1) is 9.61. The van der Waals surface area contributed by atoms with Crippen LogP contribution in [0.2, 0.25) is 0 Å². The Morgan fingerprint density at radius 1 is 1.25 bits per heavy atom. The molecule has 1 aliphatic heterocycles. The number of carbonyl (C=O) groups is 2. The molecule has 6 nitrogen and oxygen atoms in total. The van der Waals surface area contributed by atoms with Gasteiger partial charge in [-0.15, -0.1) is 0 Å². The van der Waals surface area contributed by atoms with Gasteiger partial charge in [0.05, 0.1) is 19.6 Å². The van der Waals surface area contributed by atoms with Crippen LogP contribution in [0.25, 0.3) is 0 Å². The van der Waals surface area contributed by atoms with Crippen LogP contribution >= 0.6 is 0 Å². The van der Waals surface area contributed by atoms with Gasteiger partial charge in [0.2, 0.25) is 11.8 Å². The van der Waals surface area contributed by atoms with Gasteiger partial charge in [-0.25, -0.2) is 0 Å². The standard InChI is InChI=1S/C14H19N3O3/c15-8-11-3-1-10(2-4-11)7-13(18)17-5-6-20-9-12(17)14(16)19/h1-4,12H,5-9,15H2,(H2,16,19). The number of ether oxygens (including phenoxy) is 1. The van der Waals surface area contributed by atoms with Crippen LogP contribution in [0.5, 0.6) is 0 Å². The Morgan fingerprint density at radius 3 is 2.50 bits per heavy atom. The molecule has 108 valence electrons. The van der Waals surface area contributed by atoms with Crippen LogP contribution < -0.4 is 11.5 Å². The number of hydrogen-bond donors (Lipinski definition) is 2. The van der Waals surface area contributed by atoms with Crippen LogP contribution in [0.15, 0.2) is 24.3 Å². The van der Waals surface area contributed by atoms with Gasteiger partial charge in [0.25, 0.3) is 0 Å². The first-order valence-electron chi connectivity index (χ1n) is 6.56. The van der Waals surface area contributed by atoms with Crippen LogP contribution in [-0.4, -0.2) is 42.5 Å². The largest absolute Gasteiger partial charge is 0.377 e. The van der Waals surface area contributed by atoms with E-state index in [1.165, 1.54) is 4.90 Å². The van der Waals surface area contributed by atoms with Crippen molar-refractivity contribution < 1.29 is 14.3 Å². The zero-order valence-electron chi connectivity index (χ0n) is 11.2. The Bertz CT molecular complexity index is 487. The zero-order valence-corrected chi connectivity index (χ0v) is 11.2. The lowest BCUT2D eigenvalue weighted by molar-refractivity contribution is -0.146. The lowest BCUT2D eigenvalue weighted by atomic mass is 10.1. The molecule has 20 heavy (non-hydrogen) atoms. The zero-order chi connectivity index (χ0) is 14.5. The van der Waals surface area contributed by atoms with Crippen LogP contribution in [0, 0.1) is 0 Å². The molecule has 1 unspecified atom stereocenters. The summed E-state index contributed by atoms with van der Waals surface area (Å²) in [6.45, 7) is 1.48. The van der Waals surface area contributed by atoms with Crippen molar-refractivity contribution >= 4 is 11.8 Å². The molecule has 1 saturated heterocycles. The van der Waals surface area contributed by atoms with Gasteiger partial charge in [0.1, 0.15) is 6.04 Å².